The molecule has 0 saturated carbocycles. The van der Waals surface area contributed by atoms with Crippen LogP contribution in [0.25, 0.3) is 0 Å². The van der Waals surface area contributed by atoms with Crippen LogP contribution < -0.4 is 0 Å². The molecule has 1 unspecified atom stereocenters. The van der Waals surface area contributed by atoms with Gasteiger partial charge in [0.2, 0.25) is 0 Å². The minimum Gasteiger partial charge on any atom is -0.300 e. The van der Waals surface area contributed by atoms with Crippen molar-refractivity contribution in [1.29, 1.82) is 0 Å². The summed E-state index contributed by atoms with van der Waals surface area (Å²) in [6.45, 7) is 5.01. The fraction of sp³-hybridized carbons (Fsp3) is 1.00. The lowest BCUT2D eigenvalue weighted by Crippen LogP contribution is -2.29. The Balaban J connectivity index is 2.06. The number of rotatable bonds is 6. The van der Waals surface area contributed by atoms with Crippen LogP contribution in [0.4, 0.5) is 0 Å². The summed E-state index contributed by atoms with van der Waals surface area (Å²) in [6, 6.07) is 0.906. The maximum absolute atomic E-state index is 3.48. The topological polar surface area (TPSA) is 3.24 Å². The summed E-state index contributed by atoms with van der Waals surface area (Å²) < 4.78 is 0. The molecule has 1 aliphatic rings. The lowest BCUT2D eigenvalue weighted by Gasteiger charge is -2.22. The lowest BCUT2D eigenvalue weighted by atomic mass is 10.1. The quantitative estimate of drug-likeness (QED) is 0.514. The first kappa shape index (κ1) is 11.5. The highest BCUT2D eigenvalue weighted by Crippen LogP contribution is 2.20. The largest absolute Gasteiger partial charge is 0.300 e. The zero-order chi connectivity index (χ0) is 9.52. The van der Waals surface area contributed by atoms with Gasteiger partial charge in [-0.15, -0.1) is 0 Å². The maximum Gasteiger partial charge on any atom is 0.00931 e. The SMILES string of the molecule is CCC1CCCN1CCCCCBr. The first-order chi connectivity index (χ1) is 6.38. The maximum atomic E-state index is 3.48. The van der Waals surface area contributed by atoms with Gasteiger partial charge in [0.1, 0.15) is 0 Å². The monoisotopic (exact) mass is 247 g/mol. The van der Waals surface area contributed by atoms with Crippen LogP contribution in [0.2, 0.25) is 0 Å². The molecule has 0 N–H and O–H groups in total. The van der Waals surface area contributed by atoms with E-state index in [1.165, 1.54) is 56.9 Å². The molecule has 1 atom stereocenters. The van der Waals surface area contributed by atoms with Gasteiger partial charge in [0.15, 0.2) is 0 Å². The summed E-state index contributed by atoms with van der Waals surface area (Å²) in [4.78, 5) is 2.69. The Labute approximate surface area is 91.0 Å². The number of halogens is 1. The predicted molar refractivity (Wildman–Crippen MR) is 62.5 cm³/mol. The van der Waals surface area contributed by atoms with Gasteiger partial charge >= 0.3 is 0 Å². The van der Waals surface area contributed by atoms with Crippen LogP contribution >= 0.6 is 15.9 Å². The molecular formula is C11H22BrN. The second-order valence-corrected chi connectivity index (χ2v) is 4.78. The molecule has 0 amide bonds. The number of hydrogen-bond acceptors (Lipinski definition) is 1. The van der Waals surface area contributed by atoms with E-state index >= 15 is 0 Å². The van der Waals surface area contributed by atoms with Crippen molar-refractivity contribution < 1.29 is 0 Å². The van der Waals surface area contributed by atoms with Crippen molar-refractivity contribution in [3.05, 3.63) is 0 Å². The van der Waals surface area contributed by atoms with E-state index in [0.29, 0.717) is 0 Å². The molecule has 13 heavy (non-hydrogen) atoms. The van der Waals surface area contributed by atoms with Crippen LogP contribution in [0.15, 0.2) is 0 Å². The third kappa shape index (κ3) is 3.99. The van der Waals surface area contributed by atoms with E-state index in [1.807, 2.05) is 0 Å². The van der Waals surface area contributed by atoms with Gasteiger partial charge in [-0.25, -0.2) is 0 Å². The Morgan fingerprint density at radius 3 is 2.85 bits per heavy atom. The van der Waals surface area contributed by atoms with E-state index in [4.69, 9.17) is 0 Å². The highest BCUT2D eigenvalue weighted by molar-refractivity contribution is 9.09. The van der Waals surface area contributed by atoms with E-state index in [-0.39, 0.29) is 0 Å². The van der Waals surface area contributed by atoms with Crippen LogP contribution in [0, 0.1) is 0 Å². The number of likely N-dealkylation sites (tertiary alicyclic amines) is 1. The van der Waals surface area contributed by atoms with E-state index in [0.717, 1.165) is 6.04 Å². The van der Waals surface area contributed by atoms with Crippen molar-refractivity contribution in [2.24, 2.45) is 0 Å². The zero-order valence-corrected chi connectivity index (χ0v) is 10.4. The van der Waals surface area contributed by atoms with Gasteiger partial charge in [-0.05, 0) is 45.2 Å². The zero-order valence-electron chi connectivity index (χ0n) is 8.77. The van der Waals surface area contributed by atoms with Crippen molar-refractivity contribution in [2.45, 2.75) is 51.5 Å². The first-order valence-electron chi connectivity index (χ1n) is 5.68. The number of alkyl halides is 1. The highest BCUT2D eigenvalue weighted by Gasteiger charge is 2.21. The number of nitrogens with zero attached hydrogens (tertiary/aromatic N) is 1. The highest BCUT2D eigenvalue weighted by atomic mass is 79.9. The summed E-state index contributed by atoms with van der Waals surface area (Å²) in [7, 11) is 0. The molecule has 0 aliphatic carbocycles. The van der Waals surface area contributed by atoms with Gasteiger partial charge in [-0.2, -0.15) is 0 Å². The molecule has 0 bridgehead atoms. The van der Waals surface area contributed by atoms with E-state index < -0.39 is 0 Å². The number of unbranched alkanes of at least 4 members (excludes halogenated alkanes) is 2. The lowest BCUT2D eigenvalue weighted by molar-refractivity contribution is 0.243. The van der Waals surface area contributed by atoms with Crippen LogP contribution in [0.5, 0.6) is 0 Å². The molecule has 0 radical (unpaired) electrons. The summed E-state index contributed by atoms with van der Waals surface area (Å²) in [5.74, 6) is 0. The van der Waals surface area contributed by atoms with Crippen LogP contribution in [0.3, 0.4) is 0 Å². The minimum atomic E-state index is 0.906. The third-order valence-electron chi connectivity index (χ3n) is 3.05. The standard InChI is InChI=1S/C11H22BrN/c1-2-11-7-6-10-13(11)9-5-3-4-8-12/h11H,2-10H2,1H3. The fourth-order valence-corrected chi connectivity index (χ4v) is 2.63. The molecule has 1 fully saturated rings. The average Bonchev–Trinajstić information content (AvgIpc) is 2.60. The van der Waals surface area contributed by atoms with E-state index in [9.17, 15) is 0 Å². The minimum absolute atomic E-state index is 0.906. The predicted octanol–water partition coefficient (Wildman–Crippen LogP) is 3.43. The Kier molecular flexibility index (Phi) is 6.05. The second kappa shape index (κ2) is 6.83. The molecule has 2 heteroatoms. The Morgan fingerprint density at radius 2 is 2.15 bits per heavy atom. The molecule has 0 aromatic carbocycles. The molecule has 1 nitrogen and oxygen atoms in total. The van der Waals surface area contributed by atoms with Crippen LogP contribution in [-0.4, -0.2) is 29.4 Å². The van der Waals surface area contributed by atoms with Crippen LogP contribution in [-0.2, 0) is 0 Å². The smallest absolute Gasteiger partial charge is 0.00931 e. The molecule has 1 saturated heterocycles. The van der Waals surface area contributed by atoms with Gasteiger partial charge in [0, 0.05) is 11.4 Å². The van der Waals surface area contributed by atoms with Gasteiger partial charge in [-0.3, -0.25) is 0 Å². The van der Waals surface area contributed by atoms with Crippen molar-refractivity contribution in [3.63, 3.8) is 0 Å². The molecule has 0 aromatic rings. The Hall–Kier alpha value is 0.440. The van der Waals surface area contributed by atoms with Gasteiger partial charge < -0.3 is 4.90 Å². The van der Waals surface area contributed by atoms with Gasteiger partial charge in [-0.1, -0.05) is 29.3 Å². The third-order valence-corrected chi connectivity index (χ3v) is 3.61. The number of hydrogen-bond donors (Lipinski definition) is 0. The normalized spacial score (nSPS) is 24.0. The van der Waals surface area contributed by atoms with E-state index in [1.54, 1.807) is 0 Å². The first-order valence-corrected chi connectivity index (χ1v) is 6.80. The summed E-state index contributed by atoms with van der Waals surface area (Å²) >= 11 is 3.48. The Morgan fingerprint density at radius 1 is 1.31 bits per heavy atom. The Bertz CT molecular complexity index is 127. The second-order valence-electron chi connectivity index (χ2n) is 3.99. The van der Waals surface area contributed by atoms with Crippen molar-refractivity contribution in [1.82, 2.24) is 4.90 Å². The molecule has 0 spiro atoms. The van der Waals surface area contributed by atoms with Crippen molar-refractivity contribution >= 4 is 15.9 Å². The molecule has 1 heterocycles. The summed E-state index contributed by atoms with van der Waals surface area (Å²) in [6.07, 6.45) is 8.33. The molecule has 0 aromatic heterocycles. The molecule has 78 valence electrons. The molecule has 1 rings (SSSR count). The summed E-state index contributed by atoms with van der Waals surface area (Å²) in [5, 5.41) is 1.17. The van der Waals surface area contributed by atoms with Crippen molar-refractivity contribution in [3.8, 4) is 0 Å². The molecular weight excluding hydrogens is 226 g/mol. The van der Waals surface area contributed by atoms with Crippen LogP contribution in [0.1, 0.15) is 45.4 Å². The van der Waals surface area contributed by atoms with Crippen molar-refractivity contribution in [2.75, 3.05) is 18.4 Å². The van der Waals surface area contributed by atoms with Gasteiger partial charge in [0.05, 0.1) is 0 Å². The molecule has 1 aliphatic heterocycles. The van der Waals surface area contributed by atoms with E-state index in [2.05, 4.69) is 27.8 Å². The fourth-order valence-electron chi connectivity index (χ4n) is 2.24. The average molecular weight is 248 g/mol. The summed E-state index contributed by atoms with van der Waals surface area (Å²) in [5.41, 5.74) is 0. The van der Waals surface area contributed by atoms with Gasteiger partial charge in [0.25, 0.3) is 0 Å².